The minimum absolute atomic E-state index is 0.346. The fraction of sp³-hybridized carbons (Fsp3) is 0.167. The van der Waals surface area contributed by atoms with Gasteiger partial charge in [-0.05, 0) is 25.1 Å². The number of nitrogen functional groups attached to an aromatic ring is 1. The Morgan fingerprint density at radius 2 is 2.18 bits per heavy atom. The van der Waals surface area contributed by atoms with Crippen molar-refractivity contribution in [2.75, 3.05) is 12.8 Å². The van der Waals surface area contributed by atoms with Crippen LogP contribution >= 0.6 is 0 Å². The number of nitrogens with two attached hydrogens (primary N) is 1. The normalized spacial score (nSPS) is 10.2. The zero-order valence-electron chi connectivity index (χ0n) is 9.68. The van der Waals surface area contributed by atoms with E-state index in [9.17, 15) is 4.79 Å². The predicted molar refractivity (Wildman–Crippen MR) is 64.1 cm³/mol. The molecule has 0 fully saturated rings. The van der Waals surface area contributed by atoms with Gasteiger partial charge in [0.1, 0.15) is 0 Å². The second kappa shape index (κ2) is 4.29. The van der Waals surface area contributed by atoms with E-state index in [1.165, 1.54) is 7.11 Å². The largest absolute Gasteiger partial charge is 0.465 e. The van der Waals surface area contributed by atoms with Gasteiger partial charge in [0.05, 0.1) is 29.7 Å². The van der Waals surface area contributed by atoms with Crippen molar-refractivity contribution in [3.8, 4) is 5.69 Å². The smallest absolute Gasteiger partial charge is 0.340 e. The van der Waals surface area contributed by atoms with Crippen molar-refractivity contribution in [1.82, 2.24) is 9.78 Å². The van der Waals surface area contributed by atoms with Gasteiger partial charge in [-0.2, -0.15) is 5.10 Å². The monoisotopic (exact) mass is 231 g/mol. The van der Waals surface area contributed by atoms with Crippen LogP contribution in [0, 0.1) is 6.92 Å². The SMILES string of the molecule is COC(=O)c1cccc(-n2ccc(C)n2)c1N. The summed E-state index contributed by atoms with van der Waals surface area (Å²) >= 11 is 0. The zero-order valence-corrected chi connectivity index (χ0v) is 9.68. The third-order valence-electron chi connectivity index (χ3n) is 2.46. The molecule has 0 aliphatic rings. The van der Waals surface area contributed by atoms with Crippen LogP contribution in [0.3, 0.4) is 0 Å². The Morgan fingerprint density at radius 3 is 2.76 bits per heavy atom. The van der Waals surface area contributed by atoms with E-state index >= 15 is 0 Å². The summed E-state index contributed by atoms with van der Waals surface area (Å²) in [6, 6.07) is 7.04. The lowest BCUT2D eigenvalue weighted by atomic mass is 10.1. The van der Waals surface area contributed by atoms with Crippen molar-refractivity contribution in [3.05, 3.63) is 41.7 Å². The maximum Gasteiger partial charge on any atom is 0.340 e. The van der Waals surface area contributed by atoms with Gasteiger partial charge >= 0.3 is 5.97 Å². The van der Waals surface area contributed by atoms with Crippen molar-refractivity contribution in [3.63, 3.8) is 0 Å². The number of hydrogen-bond acceptors (Lipinski definition) is 4. The third-order valence-corrected chi connectivity index (χ3v) is 2.46. The highest BCUT2D eigenvalue weighted by molar-refractivity contribution is 5.96. The number of methoxy groups -OCH3 is 1. The fourth-order valence-electron chi connectivity index (χ4n) is 1.59. The molecule has 0 saturated heterocycles. The van der Waals surface area contributed by atoms with Crippen LogP contribution in [-0.2, 0) is 4.74 Å². The number of nitrogens with zero attached hydrogens (tertiary/aromatic N) is 2. The summed E-state index contributed by atoms with van der Waals surface area (Å²) in [5.41, 5.74) is 8.20. The summed E-state index contributed by atoms with van der Waals surface area (Å²) in [4.78, 5) is 11.5. The molecule has 1 aromatic carbocycles. The summed E-state index contributed by atoms with van der Waals surface area (Å²) in [7, 11) is 1.33. The first kappa shape index (κ1) is 11.2. The molecule has 0 radical (unpaired) electrons. The van der Waals surface area contributed by atoms with E-state index < -0.39 is 5.97 Å². The second-order valence-electron chi connectivity index (χ2n) is 3.63. The molecule has 0 atom stereocenters. The fourth-order valence-corrected chi connectivity index (χ4v) is 1.59. The van der Waals surface area contributed by atoms with Crippen LogP contribution in [0.5, 0.6) is 0 Å². The van der Waals surface area contributed by atoms with Crippen LogP contribution in [0.1, 0.15) is 16.1 Å². The van der Waals surface area contributed by atoms with Gasteiger partial charge in [-0.25, -0.2) is 9.48 Å². The summed E-state index contributed by atoms with van der Waals surface area (Å²) in [6.07, 6.45) is 1.79. The Morgan fingerprint density at radius 1 is 1.41 bits per heavy atom. The Balaban J connectivity index is 2.53. The van der Waals surface area contributed by atoms with E-state index in [-0.39, 0.29) is 0 Å². The third kappa shape index (κ3) is 1.99. The lowest BCUT2D eigenvalue weighted by molar-refractivity contribution is 0.0602. The number of anilines is 1. The number of para-hydroxylation sites is 1. The van der Waals surface area contributed by atoms with Gasteiger partial charge in [0.25, 0.3) is 0 Å². The average molecular weight is 231 g/mol. The van der Waals surface area contributed by atoms with Crippen molar-refractivity contribution < 1.29 is 9.53 Å². The molecule has 5 nitrogen and oxygen atoms in total. The number of aromatic nitrogens is 2. The topological polar surface area (TPSA) is 70.1 Å². The Kier molecular flexibility index (Phi) is 2.82. The zero-order chi connectivity index (χ0) is 12.4. The van der Waals surface area contributed by atoms with Crippen LogP contribution in [-0.4, -0.2) is 22.9 Å². The molecular weight excluding hydrogens is 218 g/mol. The number of esters is 1. The second-order valence-corrected chi connectivity index (χ2v) is 3.63. The molecular formula is C12H13N3O2. The van der Waals surface area contributed by atoms with Gasteiger partial charge in [0, 0.05) is 6.20 Å². The van der Waals surface area contributed by atoms with Crippen LogP contribution in [0.2, 0.25) is 0 Å². The van der Waals surface area contributed by atoms with E-state index in [0.29, 0.717) is 16.9 Å². The minimum Gasteiger partial charge on any atom is -0.465 e. The van der Waals surface area contributed by atoms with Gasteiger partial charge < -0.3 is 10.5 Å². The summed E-state index contributed by atoms with van der Waals surface area (Å²) in [5.74, 6) is -0.451. The number of carbonyl (C=O) groups is 1. The molecule has 5 heteroatoms. The van der Waals surface area contributed by atoms with Crippen LogP contribution in [0.15, 0.2) is 30.5 Å². The van der Waals surface area contributed by atoms with Gasteiger partial charge in [0.15, 0.2) is 0 Å². The highest BCUT2D eigenvalue weighted by Crippen LogP contribution is 2.21. The van der Waals surface area contributed by atoms with E-state index in [2.05, 4.69) is 9.84 Å². The molecule has 2 N–H and O–H groups in total. The molecule has 0 aliphatic heterocycles. The van der Waals surface area contributed by atoms with Crippen LogP contribution < -0.4 is 5.73 Å². The lowest BCUT2D eigenvalue weighted by Crippen LogP contribution is -2.09. The lowest BCUT2D eigenvalue weighted by Gasteiger charge is -2.09. The van der Waals surface area contributed by atoms with E-state index in [4.69, 9.17) is 5.73 Å². The number of ether oxygens (including phenoxy) is 1. The highest BCUT2D eigenvalue weighted by atomic mass is 16.5. The van der Waals surface area contributed by atoms with Gasteiger partial charge in [-0.15, -0.1) is 0 Å². The average Bonchev–Trinajstić information content (AvgIpc) is 2.75. The Hall–Kier alpha value is -2.30. The molecule has 0 aliphatic carbocycles. The molecule has 0 spiro atoms. The maximum absolute atomic E-state index is 11.5. The van der Waals surface area contributed by atoms with E-state index in [0.717, 1.165) is 5.69 Å². The molecule has 0 saturated carbocycles. The standard InChI is InChI=1S/C12H13N3O2/c1-8-6-7-15(14-8)10-5-3-4-9(11(10)13)12(16)17-2/h3-7H,13H2,1-2H3. The highest BCUT2D eigenvalue weighted by Gasteiger charge is 2.13. The van der Waals surface area contributed by atoms with Crippen LogP contribution in [0.4, 0.5) is 5.69 Å². The Labute approximate surface area is 98.8 Å². The number of benzene rings is 1. The van der Waals surface area contributed by atoms with Gasteiger partial charge in [-0.3, -0.25) is 0 Å². The number of rotatable bonds is 2. The maximum atomic E-state index is 11.5. The first-order valence-corrected chi connectivity index (χ1v) is 5.13. The predicted octanol–water partition coefficient (Wildman–Crippen LogP) is 1.55. The molecule has 1 heterocycles. The molecule has 88 valence electrons. The number of carbonyl (C=O) groups excluding carboxylic acids is 1. The van der Waals surface area contributed by atoms with E-state index in [1.54, 1.807) is 29.1 Å². The molecule has 2 aromatic rings. The van der Waals surface area contributed by atoms with Gasteiger partial charge in [-0.1, -0.05) is 6.07 Å². The molecule has 0 amide bonds. The van der Waals surface area contributed by atoms with Crippen LogP contribution in [0.25, 0.3) is 5.69 Å². The summed E-state index contributed by atoms with van der Waals surface area (Å²) in [5, 5.41) is 4.25. The van der Waals surface area contributed by atoms with Crippen molar-refractivity contribution in [1.29, 1.82) is 0 Å². The molecule has 2 rings (SSSR count). The van der Waals surface area contributed by atoms with Crippen molar-refractivity contribution in [2.45, 2.75) is 6.92 Å². The minimum atomic E-state index is -0.451. The molecule has 0 unspecified atom stereocenters. The number of aryl methyl sites for hydroxylation is 1. The Bertz CT molecular complexity index is 561. The van der Waals surface area contributed by atoms with Gasteiger partial charge in [0.2, 0.25) is 0 Å². The van der Waals surface area contributed by atoms with Crippen molar-refractivity contribution in [2.24, 2.45) is 0 Å². The van der Waals surface area contributed by atoms with E-state index in [1.807, 2.05) is 13.0 Å². The summed E-state index contributed by atoms with van der Waals surface area (Å²) in [6.45, 7) is 1.89. The first-order chi connectivity index (χ1) is 8.13. The number of hydrogen-bond donors (Lipinski definition) is 1. The molecule has 0 bridgehead atoms. The molecule has 1 aromatic heterocycles. The molecule has 17 heavy (non-hydrogen) atoms. The first-order valence-electron chi connectivity index (χ1n) is 5.13. The quantitative estimate of drug-likeness (QED) is 0.628. The summed E-state index contributed by atoms with van der Waals surface area (Å²) < 4.78 is 6.30. The van der Waals surface area contributed by atoms with Crippen molar-refractivity contribution >= 4 is 11.7 Å².